The lowest BCUT2D eigenvalue weighted by Crippen LogP contribution is -2.46. The van der Waals surface area contributed by atoms with Gasteiger partial charge in [0, 0.05) is 46.3 Å². The van der Waals surface area contributed by atoms with Crippen molar-refractivity contribution in [2.45, 2.75) is 31.2 Å². The molecule has 0 fully saturated rings. The van der Waals surface area contributed by atoms with Gasteiger partial charge in [-0.1, -0.05) is 24.3 Å². The largest absolute Gasteiger partial charge is 0.465 e. The van der Waals surface area contributed by atoms with E-state index in [2.05, 4.69) is 20.3 Å². The van der Waals surface area contributed by atoms with E-state index < -0.39 is 21.7 Å². The molecule has 5 rings (SSSR count). The topological polar surface area (TPSA) is 156 Å². The summed E-state index contributed by atoms with van der Waals surface area (Å²) in [7, 11) is -3.85. The highest BCUT2D eigenvalue weighted by Crippen LogP contribution is 2.30. The summed E-state index contributed by atoms with van der Waals surface area (Å²) in [6, 6.07) is 20.2. The molecule has 0 aliphatic rings. The van der Waals surface area contributed by atoms with Gasteiger partial charge in [-0.3, -0.25) is 0 Å². The van der Waals surface area contributed by atoms with Crippen molar-refractivity contribution in [3.63, 3.8) is 0 Å². The summed E-state index contributed by atoms with van der Waals surface area (Å²) in [5.74, 6) is 0.304. The Bertz CT molecular complexity index is 1830. The molecule has 2 aromatic carbocycles. The normalized spacial score (nSPS) is 11.9. The number of fused-ring (bicyclic) bond motifs is 1. The van der Waals surface area contributed by atoms with E-state index in [4.69, 9.17) is 5.73 Å². The van der Waals surface area contributed by atoms with Gasteiger partial charge in [0.15, 0.2) is 5.65 Å². The Balaban J connectivity index is 1.62. The minimum atomic E-state index is -3.85. The minimum absolute atomic E-state index is 0.0341. The molecule has 5 aromatic rings. The second kappa shape index (κ2) is 9.97. The van der Waals surface area contributed by atoms with Crippen LogP contribution in [0, 0.1) is 0 Å². The van der Waals surface area contributed by atoms with E-state index in [1.165, 1.54) is 24.5 Å². The number of amides is 1. The molecule has 1 amide bonds. The second-order valence-corrected chi connectivity index (χ2v) is 11.9. The first-order chi connectivity index (χ1) is 18.9. The third-order valence-electron chi connectivity index (χ3n) is 6.02. The molecule has 0 atom stereocenters. The van der Waals surface area contributed by atoms with Crippen molar-refractivity contribution in [1.82, 2.24) is 18.9 Å². The van der Waals surface area contributed by atoms with Gasteiger partial charge in [-0.2, -0.15) is 4.98 Å². The highest BCUT2D eigenvalue weighted by Gasteiger charge is 2.31. The molecule has 40 heavy (non-hydrogen) atoms. The van der Waals surface area contributed by atoms with Crippen LogP contribution in [-0.4, -0.2) is 44.1 Å². The maximum absolute atomic E-state index is 13.2. The lowest BCUT2D eigenvalue weighted by atomic mass is 10.1. The number of anilines is 4. The molecule has 0 bridgehead atoms. The molecule has 0 aliphatic heterocycles. The van der Waals surface area contributed by atoms with Crippen molar-refractivity contribution >= 4 is 50.3 Å². The zero-order valence-electron chi connectivity index (χ0n) is 22.0. The van der Waals surface area contributed by atoms with E-state index in [1.807, 2.05) is 0 Å². The smallest absolute Gasteiger partial charge is 0.414 e. The van der Waals surface area contributed by atoms with Crippen LogP contribution in [0.4, 0.5) is 27.9 Å². The third-order valence-corrected chi connectivity index (χ3v) is 7.71. The summed E-state index contributed by atoms with van der Waals surface area (Å²) >= 11 is 0. The highest BCUT2D eigenvalue weighted by molar-refractivity contribution is 7.90. The number of rotatable bonds is 6. The van der Waals surface area contributed by atoms with Crippen LogP contribution in [0.15, 0.2) is 90.1 Å². The fourth-order valence-electron chi connectivity index (χ4n) is 4.22. The molecular formula is C28H27N7O4S. The first-order valence-electron chi connectivity index (χ1n) is 12.3. The number of hydrogen-bond donors (Lipinski definition) is 3. The van der Waals surface area contributed by atoms with Crippen LogP contribution in [-0.2, 0) is 10.0 Å². The first kappa shape index (κ1) is 26.6. The van der Waals surface area contributed by atoms with E-state index in [0.717, 1.165) is 8.87 Å². The Labute approximate surface area is 231 Å². The molecule has 0 unspecified atom stereocenters. The number of nitrogens with two attached hydrogens (primary N) is 1. The average molecular weight is 558 g/mol. The van der Waals surface area contributed by atoms with Crippen LogP contribution in [0.2, 0.25) is 0 Å². The van der Waals surface area contributed by atoms with Gasteiger partial charge < -0.3 is 16.2 Å². The van der Waals surface area contributed by atoms with Gasteiger partial charge in [0.1, 0.15) is 5.82 Å². The Morgan fingerprint density at radius 3 is 2.42 bits per heavy atom. The highest BCUT2D eigenvalue weighted by atomic mass is 32.2. The van der Waals surface area contributed by atoms with E-state index in [9.17, 15) is 18.3 Å². The van der Waals surface area contributed by atoms with Gasteiger partial charge in [-0.05, 0) is 63.2 Å². The van der Waals surface area contributed by atoms with E-state index >= 15 is 0 Å². The number of carboxylic acid groups (broad SMARTS) is 1. The lowest BCUT2D eigenvalue weighted by Gasteiger charge is -2.31. The zero-order valence-corrected chi connectivity index (χ0v) is 22.8. The number of nitrogen functional groups attached to an aromatic ring is 1. The van der Waals surface area contributed by atoms with Crippen LogP contribution < -0.4 is 16.0 Å². The summed E-state index contributed by atoms with van der Waals surface area (Å²) in [5.41, 5.74) is 7.46. The Morgan fingerprint density at radius 1 is 1.00 bits per heavy atom. The maximum Gasteiger partial charge on any atom is 0.414 e. The summed E-state index contributed by atoms with van der Waals surface area (Å²) in [4.78, 5) is 27.0. The predicted octanol–water partition coefficient (Wildman–Crippen LogP) is 5.34. The monoisotopic (exact) mass is 557 g/mol. The number of aromatic nitrogens is 4. The minimum Gasteiger partial charge on any atom is -0.465 e. The fourth-order valence-corrected chi connectivity index (χ4v) is 5.55. The molecule has 204 valence electrons. The van der Waals surface area contributed by atoms with E-state index in [-0.39, 0.29) is 16.5 Å². The molecule has 12 heteroatoms. The number of benzene rings is 2. The van der Waals surface area contributed by atoms with Crippen LogP contribution in [0.1, 0.15) is 20.8 Å². The van der Waals surface area contributed by atoms with Gasteiger partial charge in [0.25, 0.3) is 10.0 Å². The summed E-state index contributed by atoms with van der Waals surface area (Å²) in [6.07, 6.45) is 1.74. The van der Waals surface area contributed by atoms with Gasteiger partial charge in [0.05, 0.1) is 10.6 Å². The van der Waals surface area contributed by atoms with Crippen LogP contribution >= 0.6 is 0 Å². The van der Waals surface area contributed by atoms with Crippen molar-refractivity contribution < 1.29 is 18.3 Å². The number of carbonyl (C=O) groups is 1. The van der Waals surface area contributed by atoms with Crippen molar-refractivity contribution in [3.05, 3.63) is 85.2 Å². The number of hydrogen-bond acceptors (Lipinski definition) is 8. The Kier molecular flexibility index (Phi) is 6.64. The van der Waals surface area contributed by atoms with Crippen LogP contribution in [0.5, 0.6) is 0 Å². The van der Waals surface area contributed by atoms with Gasteiger partial charge >= 0.3 is 6.09 Å². The van der Waals surface area contributed by atoms with E-state index in [1.54, 1.807) is 81.4 Å². The first-order valence-corrected chi connectivity index (χ1v) is 13.7. The molecular weight excluding hydrogens is 530 g/mol. The Morgan fingerprint density at radius 2 is 1.75 bits per heavy atom. The number of nitrogens with one attached hydrogen (secondary N) is 1. The average Bonchev–Trinajstić information content (AvgIpc) is 3.32. The molecule has 0 spiro atoms. The Hall–Kier alpha value is -4.97. The molecule has 0 aliphatic carbocycles. The molecule has 3 aromatic heterocycles. The molecule has 0 saturated carbocycles. The van der Waals surface area contributed by atoms with Crippen molar-refractivity contribution in [1.29, 1.82) is 0 Å². The summed E-state index contributed by atoms with van der Waals surface area (Å²) in [5, 5.41) is 13.7. The van der Waals surface area contributed by atoms with Crippen molar-refractivity contribution in [3.8, 4) is 11.3 Å². The molecule has 3 heterocycles. The molecule has 4 N–H and O–H groups in total. The quantitative estimate of drug-likeness (QED) is 0.234. The molecule has 0 radical (unpaired) electrons. The SMILES string of the molecule is CC(C)(C)N(C(=O)O)c1nc(Nc2cccc(N)c2)cc(-c2cnc3c(ccn3S(=O)(=O)c3ccccc3)c2)n1. The lowest BCUT2D eigenvalue weighted by molar-refractivity contribution is 0.195. The maximum atomic E-state index is 13.2. The number of nitrogens with zero attached hydrogens (tertiary/aromatic N) is 5. The zero-order chi connectivity index (χ0) is 28.7. The molecule has 11 nitrogen and oxygen atoms in total. The van der Waals surface area contributed by atoms with Gasteiger partial charge in [-0.25, -0.2) is 32.1 Å². The predicted molar refractivity (Wildman–Crippen MR) is 154 cm³/mol. The van der Waals surface area contributed by atoms with Crippen molar-refractivity contribution in [2.24, 2.45) is 0 Å². The van der Waals surface area contributed by atoms with Crippen LogP contribution in [0.3, 0.4) is 0 Å². The van der Waals surface area contributed by atoms with E-state index in [0.29, 0.717) is 33.8 Å². The third kappa shape index (κ3) is 5.16. The van der Waals surface area contributed by atoms with Crippen molar-refractivity contribution in [2.75, 3.05) is 16.0 Å². The van der Waals surface area contributed by atoms with Crippen LogP contribution in [0.25, 0.3) is 22.3 Å². The van der Waals surface area contributed by atoms with Gasteiger partial charge in [-0.15, -0.1) is 0 Å². The van der Waals surface area contributed by atoms with Gasteiger partial charge in [0.2, 0.25) is 5.95 Å². The standard InChI is InChI=1S/C28H27N7O4S/c1-28(2,3)35(27(36)37)26-32-23(16-24(33-26)31-21-9-7-8-20(29)15-21)19-14-18-12-13-34(25(18)30-17-19)40(38,39)22-10-5-4-6-11-22/h4-17H,29H2,1-3H3,(H,36,37)(H,31,32,33). The molecule has 0 saturated heterocycles. The number of pyridine rings is 1. The summed E-state index contributed by atoms with van der Waals surface area (Å²) in [6.45, 7) is 5.23. The fraction of sp³-hybridized carbons (Fsp3) is 0.143. The second-order valence-electron chi connectivity index (χ2n) is 10.0. The summed E-state index contributed by atoms with van der Waals surface area (Å²) < 4.78 is 27.5.